The molecule has 2 N–H and O–H groups in total. The molecule has 1 saturated heterocycles. The summed E-state index contributed by atoms with van der Waals surface area (Å²) in [4.78, 5) is 20.6. The number of hydrogen-bond donors (Lipinski definition) is 1. The second-order valence-corrected chi connectivity index (χ2v) is 9.22. The van der Waals surface area contributed by atoms with Crippen molar-refractivity contribution in [3.63, 3.8) is 0 Å². The van der Waals surface area contributed by atoms with E-state index in [1.807, 2.05) is 48.7 Å². The largest absolute Gasteiger partial charge is 0.361 e. The molecule has 180 valence electrons. The summed E-state index contributed by atoms with van der Waals surface area (Å²) in [6, 6.07) is 12.3. The van der Waals surface area contributed by atoms with E-state index < -0.39 is 0 Å². The molecule has 35 heavy (non-hydrogen) atoms. The highest BCUT2D eigenvalue weighted by Gasteiger charge is 2.28. The summed E-state index contributed by atoms with van der Waals surface area (Å²) in [5.41, 5.74) is 10.3. The maximum atomic E-state index is 13.8. The van der Waals surface area contributed by atoms with Gasteiger partial charge in [0.15, 0.2) is 0 Å². The molecule has 1 fully saturated rings. The lowest BCUT2D eigenvalue weighted by molar-refractivity contribution is 0.392. The highest BCUT2D eigenvalue weighted by atomic mass is 16.5. The Kier molecular flexibility index (Phi) is 6.14. The number of benzene rings is 1. The lowest BCUT2D eigenvalue weighted by Crippen LogP contribution is -2.44. The number of aryl methyl sites for hydroxylation is 3. The van der Waals surface area contributed by atoms with Crippen molar-refractivity contribution in [3.05, 3.63) is 75.2 Å². The number of piperidine rings is 1. The Bertz CT molecular complexity index is 1440. The first-order valence-corrected chi connectivity index (χ1v) is 12.0. The van der Waals surface area contributed by atoms with Crippen LogP contribution in [0.25, 0.3) is 11.0 Å². The molecule has 1 atom stereocenters. The third-order valence-electron chi connectivity index (χ3n) is 6.84. The van der Waals surface area contributed by atoms with Crippen molar-refractivity contribution in [2.24, 2.45) is 5.73 Å². The summed E-state index contributed by atoms with van der Waals surface area (Å²) in [5.74, 6) is 1.49. The molecule has 1 aliphatic rings. The molecule has 4 heterocycles. The summed E-state index contributed by atoms with van der Waals surface area (Å²) in [6.07, 6.45) is 4.03. The molecule has 9 heteroatoms. The van der Waals surface area contributed by atoms with Gasteiger partial charge < -0.3 is 19.7 Å². The van der Waals surface area contributed by atoms with Crippen LogP contribution in [0.4, 0.5) is 5.82 Å². The number of nitrogens with zero attached hydrogens (tertiary/aromatic N) is 6. The van der Waals surface area contributed by atoms with Gasteiger partial charge >= 0.3 is 0 Å². The molecule has 0 aliphatic carbocycles. The molecule has 0 spiro atoms. The van der Waals surface area contributed by atoms with E-state index in [1.54, 1.807) is 10.9 Å². The zero-order valence-electron chi connectivity index (χ0n) is 20.1. The number of rotatable bonds is 6. The first-order valence-electron chi connectivity index (χ1n) is 12.0. The second kappa shape index (κ2) is 9.39. The molecule has 1 aliphatic heterocycles. The average molecular weight is 472 g/mol. The van der Waals surface area contributed by atoms with Crippen molar-refractivity contribution in [1.29, 1.82) is 5.26 Å². The van der Waals surface area contributed by atoms with Crippen LogP contribution in [0, 0.1) is 25.2 Å². The average Bonchev–Trinajstić information content (AvgIpc) is 3.35. The van der Waals surface area contributed by atoms with Crippen LogP contribution in [0.2, 0.25) is 0 Å². The minimum Gasteiger partial charge on any atom is -0.361 e. The molecule has 3 aromatic heterocycles. The number of nitrogens with two attached hydrogens (primary N) is 1. The van der Waals surface area contributed by atoms with Crippen molar-refractivity contribution >= 4 is 16.9 Å². The summed E-state index contributed by atoms with van der Waals surface area (Å²) in [5, 5.41) is 14.2. The summed E-state index contributed by atoms with van der Waals surface area (Å²) < 4.78 is 8.85. The quantitative estimate of drug-likeness (QED) is 0.459. The van der Waals surface area contributed by atoms with Crippen molar-refractivity contribution in [3.8, 4) is 6.07 Å². The van der Waals surface area contributed by atoms with Crippen LogP contribution < -0.4 is 16.2 Å². The summed E-state index contributed by atoms with van der Waals surface area (Å²) in [6.45, 7) is 6.10. The van der Waals surface area contributed by atoms with Crippen LogP contribution in [-0.2, 0) is 19.5 Å². The zero-order valence-corrected chi connectivity index (χ0v) is 20.1. The Morgan fingerprint density at radius 2 is 2.06 bits per heavy atom. The third-order valence-corrected chi connectivity index (χ3v) is 6.84. The Hall–Kier alpha value is -3.90. The summed E-state index contributed by atoms with van der Waals surface area (Å²) >= 11 is 0. The number of anilines is 1. The summed E-state index contributed by atoms with van der Waals surface area (Å²) in [7, 11) is 0. The van der Waals surface area contributed by atoms with E-state index in [4.69, 9.17) is 10.3 Å². The molecule has 1 aromatic carbocycles. The zero-order chi connectivity index (χ0) is 24.5. The second-order valence-electron chi connectivity index (χ2n) is 9.22. The molecule has 0 saturated carbocycles. The van der Waals surface area contributed by atoms with Crippen LogP contribution in [0.1, 0.15) is 41.0 Å². The predicted octanol–water partition coefficient (Wildman–Crippen LogP) is 2.89. The molecule has 9 nitrogen and oxygen atoms in total. The van der Waals surface area contributed by atoms with Gasteiger partial charge in [-0.2, -0.15) is 5.26 Å². The number of hydrogen-bond acceptors (Lipinski definition) is 7. The van der Waals surface area contributed by atoms with Crippen molar-refractivity contribution in [2.75, 3.05) is 18.0 Å². The van der Waals surface area contributed by atoms with Crippen LogP contribution in [0.3, 0.4) is 0 Å². The van der Waals surface area contributed by atoms with E-state index in [9.17, 15) is 10.1 Å². The van der Waals surface area contributed by atoms with E-state index in [-0.39, 0.29) is 11.6 Å². The highest BCUT2D eigenvalue weighted by molar-refractivity contribution is 5.89. The van der Waals surface area contributed by atoms with Gasteiger partial charge in [0, 0.05) is 37.8 Å². The van der Waals surface area contributed by atoms with Gasteiger partial charge in [-0.3, -0.25) is 9.36 Å². The molecule has 1 unspecified atom stereocenters. The predicted molar refractivity (Wildman–Crippen MR) is 133 cm³/mol. The Balaban J connectivity index is 1.65. The van der Waals surface area contributed by atoms with Gasteiger partial charge in [-0.1, -0.05) is 35.5 Å². The van der Waals surface area contributed by atoms with Crippen LogP contribution >= 0.6 is 0 Å². The maximum Gasteiger partial charge on any atom is 0.277 e. The standard InChI is InChI=1S/C26H29N7O2/c1-17-21(18(2)35-30-17)10-12-32-16-29-23-22(13-27)25(31-11-6-9-20(28)15-31)33(24(23)26(32)34)14-19-7-4-3-5-8-19/h3-5,7-8,16,20H,6,9-12,14-15,28H2,1-2H3. The lowest BCUT2D eigenvalue weighted by Gasteiger charge is -2.33. The van der Waals surface area contributed by atoms with Crippen LogP contribution in [0.5, 0.6) is 0 Å². The fourth-order valence-electron chi connectivity index (χ4n) is 5.06. The Morgan fingerprint density at radius 1 is 1.26 bits per heavy atom. The molecule has 0 amide bonds. The van der Waals surface area contributed by atoms with E-state index in [2.05, 4.69) is 21.1 Å². The first kappa shape index (κ1) is 22.9. The normalized spacial score (nSPS) is 16.1. The third kappa shape index (κ3) is 4.21. The van der Waals surface area contributed by atoms with Gasteiger partial charge in [0.1, 0.15) is 34.2 Å². The van der Waals surface area contributed by atoms with E-state index in [0.29, 0.717) is 42.7 Å². The molecular weight excluding hydrogens is 442 g/mol. The number of nitriles is 1. The van der Waals surface area contributed by atoms with Crippen LogP contribution in [-0.4, -0.2) is 38.4 Å². The van der Waals surface area contributed by atoms with Crippen molar-refractivity contribution < 1.29 is 4.52 Å². The van der Waals surface area contributed by atoms with Gasteiger partial charge in [0.2, 0.25) is 0 Å². The highest BCUT2D eigenvalue weighted by Crippen LogP contribution is 2.32. The van der Waals surface area contributed by atoms with E-state index in [0.717, 1.165) is 47.8 Å². The molecule has 5 rings (SSSR count). The van der Waals surface area contributed by atoms with E-state index >= 15 is 0 Å². The first-order chi connectivity index (χ1) is 17.0. The van der Waals surface area contributed by atoms with Crippen molar-refractivity contribution in [1.82, 2.24) is 19.3 Å². The molecular formula is C26H29N7O2. The number of fused-ring (bicyclic) bond motifs is 1. The Morgan fingerprint density at radius 3 is 2.74 bits per heavy atom. The smallest absolute Gasteiger partial charge is 0.277 e. The Labute approximate surface area is 203 Å². The van der Waals surface area contributed by atoms with E-state index in [1.165, 1.54) is 0 Å². The SMILES string of the molecule is Cc1noc(C)c1CCn1cnc2c(C#N)c(N3CCCC(N)C3)n(Cc3ccccc3)c2c1=O. The van der Waals surface area contributed by atoms with Gasteiger partial charge in [-0.25, -0.2) is 4.98 Å². The minimum atomic E-state index is -0.165. The van der Waals surface area contributed by atoms with Gasteiger partial charge in [-0.15, -0.1) is 0 Å². The monoisotopic (exact) mass is 471 g/mol. The fourth-order valence-corrected chi connectivity index (χ4v) is 5.06. The van der Waals surface area contributed by atoms with Crippen molar-refractivity contribution in [2.45, 2.75) is 52.2 Å². The van der Waals surface area contributed by atoms with Gasteiger partial charge in [-0.05, 0) is 38.7 Å². The fraction of sp³-hybridized carbons (Fsp3) is 0.385. The minimum absolute atomic E-state index is 0.0261. The lowest BCUT2D eigenvalue weighted by atomic mass is 10.1. The van der Waals surface area contributed by atoms with Gasteiger partial charge in [0.05, 0.1) is 12.0 Å². The maximum absolute atomic E-state index is 13.8. The molecule has 0 radical (unpaired) electrons. The number of aromatic nitrogens is 4. The van der Waals surface area contributed by atoms with Gasteiger partial charge in [0.25, 0.3) is 5.56 Å². The topological polar surface area (TPSA) is 119 Å². The molecule has 4 aromatic rings. The molecule has 0 bridgehead atoms. The van der Waals surface area contributed by atoms with Crippen LogP contribution in [0.15, 0.2) is 46.0 Å².